The number of thioether (sulfide) groups is 1. The molecule has 0 amide bonds. The fourth-order valence-corrected chi connectivity index (χ4v) is 3.52. The van der Waals surface area contributed by atoms with Crippen molar-refractivity contribution in [2.24, 2.45) is 14.1 Å². The van der Waals surface area contributed by atoms with Crippen LogP contribution in [0.2, 0.25) is 0 Å². The van der Waals surface area contributed by atoms with Gasteiger partial charge in [0.05, 0.1) is 6.61 Å². The van der Waals surface area contributed by atoms with Gasteiger partial charge in [-0.2, -0.15) is 0 Å². The minimum absolute atomic E-state index is 0.318. The largest absolute Gasteiger partial charge is 0.493 e. The molecule has 0 atom stereocenters. The second kappa shape index (κ2) is 7.79. The SMILES string of the molecule is Cn1c(=O)c2c(SCCOc3ccccc3)nc(C(C)(C)C)nc2n(C)c1=O. The molecule has 7 nitrogen and oxygen atoms in total. The molecule has 148 valence electrons. The molecule has 3 rings (SSSR count). The Balaban J connectivity index is 1.99. The Bertz CT molecular complexity index is 1110. The summed E-state index contributed by atoms with van der Waals surface area (Å²) in [6, 6.07) is 9.56. The van der Waals surface area contributed by atoms with Gasteiger partial charge in [-0.3, -0.25) is 13.9 Å². The van der Waals surface area contributed by atoms with Gasteiger partial charge in [0.1, 0.15) is 22.0 Å². The van der Waals surface area contributed by atoms with E-state index in [-0.39, 0.29) is 11.0 Å². The van der Waals surface area contributed by atoms with Crippen molar-refractivity contribution in [3.8, 4) is 5.75 Å². The van der Waals surface area contributed by atoms with E-state index < -0.39 is 5.69 Å². The molecule has 0 aliphatic rings. The summed E-state index contributed by atoms with van der Waals surface area (Å²) >= 11 is 1.43. The van der Waals surface area contributed by atoms with Gasteiger partial charge in [0.25, 0.3) is 5.56 Å². The Labute approximate surface area is 167 Å². The maximum atomic E-state index is 12.8. The second-order valence-electron chi connectivity index (χ2n) is 7.52. The summed E-state index contributed by atoms with van der Waals surface area (Å²) in [5, 5.41) is 0.935. The molecule has 0 saturated carbocycles. The highest BCUT2D eigenvalue weighted by Crippen LogP contribution is 2.27. The van der Waals surface area contributed by atoms with Gasteiger partial charge in [-0.15, -0.1) is 11.8 Å². The molecule has 3 aromatic rings. The van der Waals surface area contributed by atoms with Crippen molar-refractivity contribution in [2.75, 3.05) is 12.4 Å². The highest BCUT2D eigenvalue weighted by molar-refractivity contribution is 7.99. The predicted molar refractivity (Wildman–Crippen MR) is 111 cm³/mol. The number of nitrogens with zero attached hydrogens (tertiary/aromatic N) is 4. The number of aryl methyl sites for hydroxylation is 1. The van der Waals surface area contributed by atoms with Crippen LogP contribution >= 0.6 is 11.8 Å². The third kappa shape index (κ3) is 3.96. The molecule has 0 spiro atoms. The number of benzene rings is 1. The van der Waals surface area contributed by atoms with Crippen LogP contribution in [0.3, 0.4) is 0 Å². The fraction of sp³-hybridized carbons (Fsp3) is 0.400. The molecule has 0 bridgehead atoms. The van der Waals surface area contributed by atoms with Crippen LogP contribution in [0.5, 0.6) is 5.75 Å². The number of hydrogen-bond acceptors (Lipinski definition) is 6. The van der Waals surface area contributed by atoms with E-state index in [1.54, 1.807) is 7.05 Å². The zero-order chi connectivity index (χ0) is 20.5. The molecule has 0 unspecified atom stereocenters. The van der Waals surface area contributed by atoms with Crippen molar-refractivity contribution in [3.63, 3.8) is 0 Å². The van der Waals surface area contributed by atoms with Crippen molar-refractivity contribution in [2.45, 2.75) is 31.2 Å². The standard InChI is InChI=1S/C20H24N4O3S/c1-20(2,3)18-21-15-14(17(25)24(5)19(26)23(15)4)16(22-18)28-12-11-27-13-9-7-6-8-10-13/h6-10H,11-12H2,1-5H3. The fourth-order valence-electron chi connectivity index (χ4n) is 2.68. The highest BCUT2D eigenvalue weighted by atomic mass is 32.2. The van der Waals surface area contributed by atoms with Crippen LogP contribution in [-0.4, -0.2) is 31.5 Å². The summed E-state index contributed by atoms with van der Waals surface area (Å²) < 4.78 is 8.22. The lowest BCUT2D eigenvalue weighted by Crippen LogP contribution is -2.38. The molecule has 28 heavy (non-hydrogen) atoms. The monoisotopic (exact) mass is 400 g/mol. The van der Waals surface area contributed by atoms with Crippen molar-refractivity contribution in [1.82, 2.24) is 19.1 Å². The third-order valence-electron chi connectivity index (χ3n) is 4.27. The molecule has 2 aromatic heterocycles. The maximum absolute atomic E-state index is 12.8. The summed E-state index contributed by atoms with van der Waals surface area (Å²) in [5.74, 6) is 2.00. The Morgan fingerprint density at radius 2 is 1.71 bits per heavy atom. The molecule has 1 aromatic carbocycles. The lowest BCUT2D eigenvalue weighted by atomic mass is 9.96. The Hall–Kier alpha value is -2.61. The summed E-state index contributed by atoms with van der Waals surface area (Å²) in [7, 11) is 3.09. The second-order valence-corrected chi connectivity index (χ2v) is 8.60. The molecular formula is C20H24N4O3S. The lowest BCUT2D eigenvalue weighted by molar-refractivity contribution is 0.344. The van der Waals surface area contributed by atoms with Crippen LogP contribution in [0.25, 0.3) is 11.0 Å². The van der Waals surface area contributed by atoms with Gasteiger partial charge in [-0.1, -0.05) is 39.0 Å². The van der Waals surface area contributed by atoms with E-state index >= 15 is 0 Å². The summed E-state index contributed by atoms with van der Waals surface area (Å²) in [6.07, 6.45) is 0. The van der Waals surface area contributed by atoms with Crippen LogP contribution in [0.1, 0.15) is 26.6 Å². The van der Waals surface area contributed by atoms with Crippen LogP contribution < -0.4 is 16.0 Å². The Morgan fingerprint density at radius 3 is 2.36 bits per heavy atom. The quantitative estimate of drug-likeness (QED) is 0.372. The molecule has 0 fully saturated rings. The van der Waals surface area contributed by atoms with Gasteiger partial charge in [0.15, 0.2) is 5.65 Å². The minimum atomic E-state index is -0.403. The maximum Gasteiger partial charge on any atom is 0.332 e. The minimum Gasteiger partial charge on any atom is -0.493 e. The van der Waals surface area contributed by atoms with E-state index in [2.05, 4.69) is 9.97 Å². The lowest BCUT2D eigenvalue weighted by Gasteiger charge is -2.19. The van der Waals surface area contributed by atoms with Gasteiger partial charge in [-0.05, 0) is 12.1 Å². The Kier molecular flexibility index (Phi) is 5.60. The van der Waals surface area contributed by atoms with Gasteiger partial charge in [-0.25, -0.2) is 14.8 Å². The highest BCUT2D eigenvalue weighted by Gasteiger charge is 2.23. The van der Waals surface area contributed by atoms with Crippen LogP contribution in [0, 0.1) is 0 Å². The molecule has 0 aliphatic carbocycles. The van der Waals surface area contributed by atoms with Gasteiger partial charge >= 0.3 is 5.69 Å². The van der Waals surface area contributed by atoms with E-state index in [0.29, 0.717) is 34.2 Å². The van der Waals surface area contributed by atoms with Gasteiger partial charge in [0, 0.05) is 25.3 Å². The summed E-state index contributed by atoms with van der Waals surface area (Å²) in [5.41, 5.74) is -0.745. The van der Waals surface area contributed by atoms with Crippen LogP contribution in [-0.2, 0) is 19.5 Å². The molecule has 0 aliphatic heterocycles. The number of fused-ring (bicyclic) bond motifs is 1. The van der Waals surface area contributed by atoms with Crippen molar-refractivity contribution in [1.29, 1.82) is 0 Å². The van der Waals surface area contributed by atoms with E-state index in [1.165, 1.54) is 23.4 Å². The van der Waals surface area contributed by atoms with Gasteiger partial charge in [0.2, 0.25) is 0 Å². The molecule has 2 heterocycles. The van der Waals surface area contributed by atoms with Crippen LogP contribution in [0.4, 0.5) is 0 Å². The third-order valence-corrected chi connectivity index (χ3v) is 5.21. The summed E-state index contributed by atoms with van der Waals surface area (Å²) in [6.45, 7) is 6.47. The van der Waals surface area contributed by atoms with E-state index in [0.717, 1.165) is 10.3 Å². The first-order valence-electron chi connectivity index (χ1n) is 8.99. The topological polar surface area (TPSA) is 79.0 Å². The molecular weight excluding hydrogens is 376 g/mol. The zero-order valence-electron chi connectivity index (χ0n) is 16.7. The number of aromatic nitrogens is 4. The first-order chi connectivity index (χ1) is 13.2. The molecule has 8 heteroatoms. The van der Waals surface area contributed by atoms with Gasteiger partial charge < -0.3 is 4.74 Å². The van der Waals surface area contributed by atoms with Crippen LogP contribution in [0.15, 0.2) is 44.9 Å². The average Bonchev–Trinajstić information content (AvgIpc) is 2.67. The van der Waals surface area contributed by atoms with Crippen molar-refractivity contribution >= 4 is 22.8 Å². The van der Waals surface area contributed by atoms with E-state index in [4.69, 9.17) is 4.74 Å². The zero-order valence-corrected chi connectivity index (χ0v) is 17.5. The van der Waals surface area contributed by atoms with E-state index in [9.17, 15) is 9.59 Å². The Morgan fingerprint density at radius 1 is 1.04 bits per heavy atom. The molecule has 0 radical (unpaired) electrons. The van der Waals surface area contributed by atoms with Crippen molar-refractivity contribution < 1.29 is 4.74 Å². The van der Waals surface area contributed by atoms with E-state index in [1.807, 2.05) is 51.1 Å². The predicted octanol–water partition coefficient (Wildman–Crippen LogP) is 2.50. The number of ether oxygens (including phenoxy) is 1. The smallest absolute Gasteiger partial charge is 0.332 e. The number of rotatable bonds is 5. The average molecular weight is 401 g/mol. The number of hydrogen-bond donors (Lipinski definition) is 0. The normalized spacial score (nSPS) is 11.8. The first-order valence-corrected chi connectivity index (χ1v) is 9.97. The first kappa shape index (κ1) is 20.1. The number of para-hydroxylation sites is 1. The molecule has 0 N–H and O–H groups in total. The van der Waals surface area contributed by atoms with Crippen molar-refractivity contribution in [3.05, 3.63) is 57.0 Å². The molecule has 0 saturated heterocycles. The summed E-state index contributed by atoms with van der Waals surface area (Å²) in [4.78, 5) is 34.3.